The second kappa shape index (κ2) is 8.40. The van der Waals surface area contributed by atoms with Gasteiger partial charge in [-0.15, -0.1) is 0 Å². The normalized spacial score (nSPS) is 16.1. The molecule has 6 heteroatoms. The summed E-state index contributed by atoms with van der Waals surface area (Å²) in [6, 6.07) is 18.7. The molecule has 3 aromatic rings. The summed E-state index contributed by atoms with van der Waals surface area (Å²) < 4.78 is 51.1. The van der Waals surface area contributed by atoms with Gasteiger partial charge in [-0.1, -0.05) is 42.5 Å². The number of alkyl halides is 3. The molecule has 0 saturated heterocycles. The molecule has 1 aliphatic rings. The summed E-state index contributed by atoms with van der Waals surface area (Å²) >= 11 is 0. The molecule has 1 atom stereocenters. The van der Waals surface area contributed by atoms with Crippen LogP contribution in [0.1, 0.15) is 33.9 Å². The Labute approximate surface area is 173 Å². The Kier molecular flexibility index (Phi) is 5.68. The highest BCUT2D eigenvalue weighted by atomic mass is 19.4. The lowest BCUT2D eigenvalue weighted by atomic mass is 9.88. The zero-order chi connectivity index (χ0) is 21.1. The number of ether oxygens (including phenoxy) is 2. The molecule has 0 bridgehead atoms. The van der Waals surface area contributed by atoms with Gasteiger partial charge in [0.1, 0.15) is 6.61 Å². The van der Waals surface area contributed by atoms with Crippen molar-refractivity contribution in [1.82, 2.24) is 5.32 Å². The lowest BCUT2D eigenvalue weighted by molar-refractivity contribution is -0.137. The van der Waals surface area contributed by atoms with E-state index in [0.717, 1.165) is 29.2 Å². The average molecular weight is 413 g/mol. The van der Waals surface area contributed by atoms with Gasteiger partial charge in [-0.05, 0) is 52.9 Å². The molecule has 4 rings (SSSR count). The summed E-state index contributed by atoms with van der Waals surface area (Å²) in [5.41, 5.74) is 2.89. The summed E-state index contributed by atoms with van der Waals surface area (Å²) in [4.78, 5) is 0. The molecule has 1 unspecified atom stereocenters. The van der Waals surface area contributed by atoms with Crippen LogP contribution in [0, 0.1) is 0 Å². The van der Waals surface area contributed by atoms with E-state index in [4.69, 9.17) is 9.47 Å². The molecule has 0 radical (unpaired) electrons. The lowest BCUT2D eigenvalue weighted by Crippen LogP contribution is -2.30. The van der Waals surface area contributed by atoms with Gasteiger partial charge < -0.3 is 14.8 Å². The molecule has 3 nitrogen and oxygen atoms in total. The molecule has 30 heavy (non-hydrogen) atoms. The Morgan fingerprint density at radius 1 is 0.967 bits per heavy atom. The molecular formula is C24H22F3NO2. The topological polar surface area (TPSA) is 30.5 Å². The van der Waals surface area contributed by atoms with Crippen LogP contribution in [0.4, 0.5) is 13.2 Å². The monoisotopic (exact) mass is 413 g/mol. The van der Waals surface area contributed by atoms with Crippen LogP contribution >= 0.6 is 0 Å². The maximum absolute atomic E-state index is 13.2. The summed E-state index contributed by atoms with van der Waals surface area (Å²) in [6.45, 7) is 1.04. The summed E-state index contributed by atoms with van der Waals surface area (Å²) in [5, 5.41) is 3.35. The highest BCUT2D eigenvalue weighted by Crippen LogP contribution is 2.39. The van der Waals surface area contributed by atoms with Gasteiger partial charge in [0.2, 0.25) is 0 Å². The van der Waals surface area contributed by atoms with Crippen molar-refractivity contribution in [2.75, 3.05) is 13.7 Å². The van der Waals surface area contributed by atoms with Gasteiger partial charge in [0.25, 0.3) is 0 Å². The second-order valence-electron chi connectivity index (χ2n) is 7.24. The number of fused-ring (bicyclic) bond motifs is 1. The zero-order valence-electron chi connectivity index (χ0n) is 16.5. The van der Waals surface area contributed by atoms with E-state index in [1.165, 1.54) is 12.1 Å². The molecule has 0 aliphatic carbocycles. The van der Waals surface area contributed by atoms with Crippen molar-refractivity contribution >= 4 is 0 Å². The van der Waals surface area contributed by atoms with Gasteiger partial charge in [-0.3, -0.25) is 0 Å². The van der Waals surface area contributed by atoms with Crippen LogP contribution in [-0.2, 0) is 19.2 Å². The number of hydrogen-bond acceptors (Lipinski definition) is 3. The van der Waals surface area contributed by atoms with Crippen LogP contribution in [0.15, 0.2) is 66.7 Å². The fourth-order valence-electron chi connectivity index (χ4n) is 3.76. The maximum Gasteiger partial charge on any atom is 0.416 e. The molecule has 0 fully saturated rings. The number of hydrogen-bond donors (Lipinski definition) is 1. The second-order valence-corrected chi connectivity index (χ2v) is 7.24. The van der Waals surface area contributed by atoms with Gasteiger partial charge >= 0.3 is 6.18 Å². The largest absolute Gasteiger partial charge is 0.493 e. The zero-order valence-corrected chi connectivity index (χ0v) is 16.5. The molecule has 1 heterocycles. The Balaban J connectivity index is 1.68. The summed E-state index contributed by atoms with van der Waals surface area (Å²) in [6.07, 6.45) is -3.61. The number of methoxy groups -OCH3 is 1. The van der Waals surface area contributed by atoms with Crippen molar-refractivity contribution in [2.24, 2.45) is 0 Å². The van der Waals surface area contributed by atoms with Gasteiger partial charge in [-0.2, -0.15) is 13.2 Å². The minimum absolute atomic E-state index is 0.346. The quantitative estimate of drug-likeness (QED) is 0.597. The van der Waals surface area contributed by atoms with Crippen LogP contribution in [0.5, 0.6) is 11.5 Å². The first kappa shape index (κ1) is 20.3. The van der Waals surface area contributed by atoms with Crippen LogP contribution in [0.2, 0.25) is 0 Å². The highest BCUT2D eigenvalue weighted by Gasteiger charge is 2.32. The Hall–Kier alpha value is -2.99. The number of halogens is 3. The first-order chi connectivity index (χ1) is 14.5. The molecule has 0 amide bonds. The number of nitrogens with one attached hydrogen (secondary N) is 1. The van der Waals surface area contributed by atoms with E-state index in [2.05, 4.69) is 5.32 Å². The molecule has 3 aromatic carbocycles. The summed E-state index contributed by atoms with van der Waals surface area (Å²) in [5.74, 6) is 1.19. The molecule has 1 N–H and O–H groups in total. The summed E-state index contributed by atoms with van der Waals surface area (Å²) in [7, 11) is 1.59. The van der Waals surface area contributed by atoms with E-state index >= 15 is 0 Å². The smallest absolute Gasteiger partial charge is 0.416 e. The van der Waals surface area contributed by atoms with Crippen molar-refractivity contribution in [3.8, 4) is 11.5 Å². The number of rotatable bonds is 5. The third-order valence-electron chi connectivity index (χ3n) is 5.26. The van der Waals surface area contributed by atoms with Crippen LogP contribution < -0.4 is 14.8 Å². The predicted molar refractivity (Wildman–Crippen MR) is 109 cm³/mol. The van der Waals surface area contributed by atoms with Crippen LogP contribution in [-0.4, -0.2) is 13.7 Å². The molecule has 0 saturated carbocycles. The van der Waals surface area contributed by atoms with E-state index in [9.17, 15) is 13.2 Å². The van der Waals surface area contributed by atoms with Crippen molar-refractivity contribution in [3.63, 3.8) is 0 Å². The van der Waals surface area contributed by atoms with E-state index in [1.807, 2.05) is 42.5 Å². The van der Waals surface area contributed by atoms with E-state index in [1.54, 1.807) is 13.2 Å². The molecule has 1 aliphatic heterocycles. The maximum atomic E-state index is 13.2. The molecule has 156 valence electrons. The van der Waals surface area contributed by atoms with Crippen molar-refractivity contribution in [1.29, 1.82) is 0 Å². The Bertz CT molecular complexity index is 1020. The molecular weight excluding hydrogens is 391 g/mol. The average Bonchev–Trinajstić information content (AvgIpc) is 2.76. The minimum atomic E-state index is -4.38. The fraction of sp³-hybridized carbons (Fsp3) is 0.250. The SMILES string of the molecule is COc1cc2c(cc1OCc1ccccc1)C(c1cccc(C(F)(F)F)c1)NCC2. The highest BCUT2D eigenvalue weighted by molar-refractivity contribution is 5.52. The molecule has 0 spiro atoms. The van der Waals surface area contributed by atoms with Gasteiger partial charge in [-0.25, -0.2) is 0 Å². The number of benzene rings is 3. The van der Waals surface area contributed by atoms with Crippen molar-refractivity contribution < 1.29 is 22.6 Å². The first-order valence-electron chi connectivity index (χ1n) is 9.74. The first-order valence-corrected chi connectivity index (χ1v) is 9.74. The molecule has 0 aromatic heterocycles. The van der Waals surface area contributed by atoms with E-state index in [-0.39, 0.29) is 6.04 Å². The third-order valence-corrected chi connectivity index (χ3v) is 5.26. The van der Waals surface area contributed by atoms with Gasteiger partial charge in [0, 0.05) is 6.54 Å². The van der Waals surface area contributed by atoms with Crippen molar-refractivity contribution in [3.05, 3.63) is 94.5 Å². The lowest BCUT2D eigenvalue weighted by Gasteiger charge is -2.29. The standard InChI is InChI=1S/C24H22F3NO2/c1-29-21-13-17-10-11-28-23(18-8-5-9-19(12-18)24(25,26)27)20(17)14-22(21)30-15-16-6-3-2-4-7-16/h2-9,12-14,23,28H,10-11,15H2,1H3. The van der Waals surface area contributed by atoms with E-state index < -0.39 is 11.7 Å². The van der Waals surface area contributed by atoms with Crippen LogP contribution in [0.3, 0.4) is 0 Å². The third kappa shape index (κ3) is 4.28. The fourth-order valence-corrected chi connectivity index (χ4v) is 3.76. The Morgan fingerprint density at radius 2 is 1.77 bits per heavy atom. The van der Waals surface area contributed by atoms with Crippen LogP contribution in [0.25, 0.3) is 0 Å². The van der Waals surface area contributed by atoms with Gasteiger partial charge in [0.05, 0.1) is 18.7 Å². The Morgan fingerprint density at radius 3 is 2.50 bits per heavy atom. The van der Waals surface area contributed by atoms with E-state index in [0.29, 0.717) is 30.2 Å². The van der Waals surface area contributed by atoms with Gasteiger partial charge in [0.15, 0.2) is 11.5 Å². The predicted octanol–water partition coefficient (Wildman–Crippen LogP) is 5.53. The van der Waals surface area contributed by atoms with Crippen molar-refractivity contribution in [2.45, 2.75) is 25.2 Å². The minimum Gasteiger partial charge on any atom is -0.493 e.